The summed E-state index contributed by atoms with van der Waals surface area (Å²) in [5.41, 5.74) is 2.54. The van der Waals surface area contributed by atoms with E-state index < -0.39 is 6.09 Å². The number of hydrogen-bond acceptors (Lipinski definition) is 2. The summed E-state index contributed by atoms with van der Waals surface area (Å²) in [4.78, 5) is 12.4. The number of ether oxygens (including phenoxy) is 1. The van der Waals surface area contributed by atoms with Crippen LogP contribution in [0.5, 0.6) is 5.75 Å². The van der Waals surface area contributed by atoms with Gasteiger partial charge >= 0.3 is 6.09 Å². The number of nitrogens with zero attached hydrogens (tertiary/aromatic N) is 1. The molecule has 1 fully saturated rings. The van der Waals surface area contributed by atoms with Crippen molar-refractivity contribution in [2.24, 2.45) is 11.3 Å². The van der Waals surface area contributed by atoms with Gasteiger partial charge in [0.1, 0.15) is 5.75 Å². The fraction of sp³-hybridized carbons (Fsp3) is 0.571. The van der Waals surface area contributed by atoms with Crippen LogP contribution in [0.1, 0.15) is 52.0 Å². The van der Waals surface area contributed by atoms with Gasteiger partial charge in [0.05, 0.1) is 6.10 Å². The van der Waals surface area contributed by atoms with Gasteiger partial charge in [-0.3, -0.25) is 0 Å². The molecule has 2 aliphatic rings. The second-order valence-electron chi connectivity index (χ2n) is 8.37. The minimum atomic E-state index is -0.864. The van der Waals surface area contributed by atoms with E-state index in [1.165, 1.54) is 17.7 Å². The minimum absolute atomic E-state index is 0.317. The first-order valence-corrected chi connectivity index (χ1v) is 9.27. The van der Waals surface area contributed by atoms with E-state index in [0.29, 0.717) is 24.6 Å². The summed E-state index contributed by atoms with van der Waals surface area (Å²) in [6.07, 6.45) is 6.17. The largest absolute Gasteiger partial charge is 0.490 e. The molecule has 1 amide bonds. The van der Waals surface area contributed by atoms with Gasteiger partial charge in [-0.1, -0.05) is 39.0 Å². The normalized spacial score (nSPS) is 24.1. The Morgan fingerprint density at radius 3 is 2.28 bits per heavy atom. The summed E-state index contributed by atoms with van der Waals surface area (Å²) in [6.45, 7) is 7.94. The lowest BCUT2D eigenvalue weighted by Gasteiger charge is -2.36. The molecule has 25 heavy (non-hydrogen) atoms. The first-order valence-electron chi connectivity index (χ1n) is 9.27. The van der Waals surface area contributed by atoms with E-state index in [-0.39, 0.29) is 0 Å². The van der Waals surface area contributed by atoms with Crippen LogP contribution in [0.4, 0.5) is 4.79 Å². The molecule has 0 atom stereocenters. The summed E-state index contributed by atoms with van der Waals surface area (Å²) in [7, 11) is 0. The van der Waals surface area contributed by atoms with Crippen molar-refractivity contribution in [1.29, 1.82) is 0 Å². The molecule has 4 heteroatoms. The minimum Gasteiger partial charge on any atom is -0.490 e. The third-order valence-corrected chi connectivity index (χ3v) is 5.62. The summed E-state index contributed by atoms with van der Waals surface area (Å²) in [5.74, 6) is 1.71. The zero-order chi connectivity index (χ0) is 18.0. The molecule has 136 valence electrons. The van der Waals surface area contributed by atoms with Gasteiger partial charge < -0.3 is 14.7 Å². The Bertz CT molecular complexity index is 634. The third kappa shape index (κ3) is 4.36. The van der Waals surface area contributed by atoms with E-state index in [0.717, 1.165) is 35.6 Å². The molecular weight excluding hydrogens is 314 g/mol. The number of rotatable bonds is 3. The average Bonchev–Trinajstić information content (AvgIpc) is 3.05. The lowest BCUT2D eigenvalue weighted by molar-refractivity contribution is 0.0882. The van der Waals surface area contributed by atoms with Crippen molar-refractivity contribution < 1.29 is 14.6 Å². The van der Waals surface area contributed by atoms with Gasteiger partial charge in [-0.2, -0.15) is 0 Å². The zero-order valence-corrected chi connectivity index (χ0v) is 15.5. The lowest BCUT2D eigenvalue weighted by Crippen LogP contribution is -2.30. The Kier molecular flexibility index (Phi) is 5.07. The molecule has 1 saturated carbocycles. The number of carboxylic acid groups (broad SMARTS) is 1. The van der Waals surface area contributed by atoms with E-state index in [9.17, 15) is 4.79 Å². The first kappa shape index (κ1) is 17.8. The van der Waals surface area contributed by atoms with Crippen LogP contribution in [0.3, 0.4) is 0 Å². The topological polar surface area (TPSA) is 49.8 Å². The molecule has 0 saturated heterocycles. The van der Waals surface area contributed by atoms with E-state index in [2.05, 4.69) is 20.8 Å². The monoisotopic (exact) mass is 343 g/mol. The van der Waals surface area contributed by atoms with E-state index >= 15 is 0 Å². The van der Waals surface area contributed by atoms with Crippen molar-refractivity contribution >= 4 is 11.7 Å². The molecule has 1 N–H and O–H groups in total. The average molecular weight is 343 g/mol. The molecule has 1 aromatic rings. The standard InChI is InChI=1S/C21H29NO3/c1-21(2,3)17-6-10-19(11-7-17)25-18-8-4-15(5-9-18)16-12-13-22(14-16)20(23)24/h4-5,8-9,12,17,19H,6-7,10-11,13-14H2,1-3H3,(H,23,24)/t17-,19-. The molecule has 1 aliphatic carbocycles. The molecule has 0 spiro atoms. The maximum Gasteiger partial charge on any atom is 0.407 e. The Hall–Kier alpha value is -1.97. The summed E-state index contributed by atoms with van der Waals surface area (Å²) < 4.78 is 6.17. The van der Waals surface area contributed by atoms with Crippen LogP contribution in [-0.2, 0) is 0 Å². The van der Waals surface area contributed by atoms with Crippen molar-refractivity contribution in [2.75, 3.05) is 13.1 Å². The molecule has 1 heterocycles. The van der Waals surface area contributed by atoms with E-state index in [4.69, 9.17) is 9.84 Å². The zero-order valence-electron chi connectivity index (χ0n) is 15.5. The quantitative estimate of drug-likeness (QED) is 0.836. The van der Waals surface area contributed by atoms with Gasteiger partial charge in [-0.05, 0) is 60.3 Å². The summed E-state index contributed by atoms with van der Waals surface area (Å²) in [6, 6.07) is 8.09. The Balaban J connectivity index is 1.53. The van der Waals surface area contributed by atoms with Crippen LogP contribution < -0.4 is 4.74 Å². The van der Waals surface area contributed by atoms with Crippen molar-refractivity contribution in [3.8, 4) is 5.75 Å². The van der Waals surface area contributed by atoms with Gasteiger partial charge in [0.25, 0.3) is 0 Å². The smallest absolute Gasteiger partial charge is 0.407 e. The SMILES string of the molecule is CC(C)(C)[C@H]1CC[C@H](Oc2ccc(C3=CCN(C(=O)O)C3)cc2)CC1. The van der Waals surface area contributed by atoms with Crippen molar-refractivity contribution in [3.63, 3.8) is 0 Å². The lowest BCUT2D eigenvalue weighted by atomic mass is 9.72. The van der Waals surface area contributed by atoms with Gasteiger partial charge in [0, 0.05) is 13.1 Å². The van der Waals surface area contributed by atoms with E-state index in [1.54, 1.807) is 0 Å². The second-order valence-corrected chi connectivity index (χ2v) is 8.37. The second kappa shape index (κ2) is 7.11. The van der Waals surface area contributed by atoms with Crippen LogP contribution in [0.2, 0.25) is 0 Å². The maximum absolute atomic E-state index is 11.0. The highest BCUT2D eigenvalue weighted by molar-refractivity contribution is 5.76. The van der Waals surface area contributed by atoms with Crippen LogP contribution in [-0.4, -0.2) is 35.3 Å². The van der Waals surface area contributed by atoms with Crippen molar-refractivity contribution in [3.05, 3.63) is 35.9 Å². The Morgan fingerprint density at radius 2 is 1.76 bits per heavy atom. The molecule has 1 aromatic carbocycles. The van der Waals surface area contributed by atoms with Crippen LogP contribution >= 0.6 is 0 Å². The fourth-order valence-electron chi connectivity index (χ4n) is 3.90. The molecule has 0 radical (unpaired) electrons. The predicted molar refractivity (Wildman–Crippen MR) is 99.8 cm³/mol. The van der Waals surface area contributed by atoms with Gasteiger partial charge in [-0.25, -0.2) is 4.79 Å². The highest BCUT2D eigenvalue weighted by atomic mass is 16.5. The van der Waals surface area contributed by atoms with Crippen LogP contribution in [0, 0.1) is 11.3 Å². The molecule has 0 bridgehead atoms. The first-order chi connectivity index (χ1) is 11.8. The van der Waals surface area contributed by atoms with Crippen LogP contribution in [0.25, 0.3) is 5.57 Å². The predicted octanol–water partition coefficient (Wildman–Crippen LogP) is 5.05. The molecule has 0 aromatic heterocycles. The van der Waals surface area contributed by atoms with Gasteiger partial charge in [0.15, 0.2) is 0 Å². The fourth-order valence-corrected chi connectivity index (χ4v) is 3.90. The Morgan fingerprint density at radius 1 is 1.12 bits per heavy atom. The summed E-state index contributed by atoms with van der Waals surface area (Å²) >= 11 is 0. The number of carbonyl (C=O) groups is 1. The maximum atomic E-state index is 11.0. The number of amides is 1. The molecule has 4 nitrogen and oxygen atoms in total. The van der Waals surface area contributed by atoms with Crippen molar-refractivity contribution in [1.82, 2.24) is 4.90 Å². The van der Waals surface area contributed by atoms with Crippen LogP contribution in [0.15, 0.2) is 30.3 Å². The molecule has 0 unspecified atom stereocenters. The third-order valence-electron chi connectivity index (χ3n) is 5.62. The molecule has 3 rings (SSSR count). The highest BCUT2D eigenvalue weighted by Gasteiger charge is 2.30. The number of benzene rings is 1. The highest BCUT2D eigenvalue weighted by Crippen LogP contribution is 2.38. The van der Waals surface area contributed by atoms with Gasteiger partial charge in [0.2, 0.25) is 0 Å². The molecular formula is C21H29NO3. The molecule has 1 aliphatic heterocycles. The van der Waals surface area contributed by atoms with E-state index in [1.807, 2.05) is 30.3 Å². The summed E-state index contributed by atoms with van der Waals surface area (Å²) in [5, 5.41) is 9.05. The van der Waals surface area contributed by atoms with Crippen molar-refractivity contribution in [2.45, 2.75) is 52.6 Å². The van der Waals surface area contributed by atoms with Gasteiger partial charge in [-0.15, -0.1) is 0 Å². The Labute approximate surface area is 150 Å². The number of hydrogen-bond donors (Lipinski definition) is 1.